The Morgan fingerprint density at radius 3 is 3.31 bits per heavy atom. The molecule has 0 fully saturated rings. The minimum Gasteiger partial charge on any atom is -0.381 e. The monoisotopic (exact) mass is 236 g/mol. The smallest absolute Gasteiger partial charge is 0.259 e. The summed E-state index contributed by atoms with van der Waals surface area (Å²) in [6, 6.07) is 0. The van der Waals surface area contributed by atoms with Gasteiger partial charge >= 0.3 is 0 Å². The summed E-state index contributed by atoms with van der Waals surface area (Å²) in [7, 11) is 1.74. The Morgan fingerprint density at radius 1 is 1.62 bits per heavy atom. The van der Waals surface area contributed by atoms with Gasteiger partial charge in [-0.3, -0.25) is 4.79 Å². The summed E-state index contributed by atoms with van der Waals surface area (Å²) in [6.45, 7) is 0. The van der Waals surface area contributed by atoms with Crippen molar-refractivity contribution >= 4 is 21.6 Å². The fourth-order valence-electron chi connectivity index (χ4n) is 2.29. The molecule has 2 aromatic heterocycles. The van der Waals surface area contributed by atoms with Gasteiger partial charge in [-0.1, -0.05) is 0 Å². The number of nitrogens with zero attached hydrogens (tertiary/aromatic N) is 1. The molecule has 4 nitrogen and oxygen atoms in total. The molecule has 1 unspecified atom stereocenters. The quantitative estimate of drug-likeness (QED) is 0.816. The van der Waals surface area contributed by atoms with Crippen LogP contribution in [0.2, 0.25) is 0 Å². The van der Waals surface area contributed by atoms with E-state index in [0.29, 0.717) is 6.10 Å². The Balaban J connectivity index is 2.21. The van der Waals surface area contributed by atoms with Crippen molar-refractivity contribution in [3.05, 3.63) is 27.1 Å². The fraction of sp³-hybridized carbons (Fsp3) is 0.455. The van der Waals surface area contributed by atoms with E-state index in [1.54, 1.807) is 18.4 Å². The molecular weight excluding hydrogens is 224 g/mol. The summed E-state index contributed by atoms with van der Waals surface area (Å²) in [5.74, 6) is 0. The predicted molar refractivity (Wildman–Crippen MR) is 63.1 cm³/mol. The molecule has 0 saturated carbocycles. The third-order valence-corrected chi connectivity index (χ3v) is 4.30. The molecule has 0 aliphatic heterocycles. The Labute approximate surface area is 96.3 Å². The van der Waals surface area contributed by atoms with Crippen LogP contribution >= 0.6 is 11.3 Å². The highest BCUT2D eigenvalue weighted by Gasteiger charge is 2.24. The Hall–Kier alpha value is -1.20. The van der Waals surface area contributed by atoms with Crippen LogP contribution in [0.4, 0.5) is 0 Å². The van der Waals surface area contributed by atoms with Gasteiger partial charge in [0.05, 0.1) is 17.8 Å². The van der Waals surface area contributed by atoms with Crippen LogP contribution < -0.4 is 5.56 Å². The van der Waals surface area contributed by atoms with Crippen molar-refractivity contribution in [2.75, 3.05) is 7.11 Å². The first-order valence-electron chi connectivity index (χ1n) is 5.30. The van der Waals surface area contributed by atoms with E-state index >= 15 is 0 Å². The highest BCUT2D eigenvalue weighted by Crippen LogP contribution is 2.33. The topological polar surface area (TPSA) is 55.0 Å². The number of methoxy groups -OCH3 is 1. The lowest BCUT2D eigenvalue weighted by Crippen LogP contribution is -2.20. The number of aryl methyl sites for hydroxylation is 1. The largest absolute Gasteiger partial charge is 0.381 e. The number of aromatic nitrogens is 2. The van der Waals surface area contributed by atoms with Crippen LogP contribution in [-0.2, 0) is 17.6 Å². The van der Waals surface area contributed by atoms with E-state index in [0.717, 1.165) is 29.5 Å². The first kappa shape index (κ1) is 9.99. The molecule has 1 atom stereocenters. The minimum atomic E-state index is -0.0154. The van der Waals surface area contributed by atoms with Gasteiger partial charge in [0.25, 0.3) is 5.56 Å². The molecule has 2 aromatic rings. The van der Waals surface area contributed by atoms with Crippen LogP contribution in [0.5, 0.6) is 0 Å². The first-order chi connectivity index (χ1) is 7.79. The Bertz CT molecular complexity index is 587. The molecule has 1 N–H and O–H groups in total. The minimum absolute atomic E-state index is 0.0154. The SMILES string of the molecule is COC1CCc2c(sc3nc[nH]c(=O)c23)C1. The van der Waals surface area contributed by atoms with Gasteiger partial charge < -0.3 is 9.72 Å². The molecule has 0 saturated heterocycles. The van der Waals surface area contributed by atoms with Gasteiger partial charge in [0.1, 0.15) is 4.83 Å². The van der Waals surface area contributed by atoms with E-state index in [9.17, 15) is 4.79 Å². The first-order valence-corrected chi connectivity index (χ1v) is 6.12. The molecular formula is C11H12N2O2S. The number of hydrogen-bond donors (Lipinski definition) is 1. The molecule has 0 amide bonds. The molecule has 16 heavy (non-hydrogen) atoms. The van der Waals surface area contributed by atoms with Gasteiger partial charge in [0.2, 0.25) is 0 Å². The lowest BCUT2D eigenvalue weighted by molar-refractivity contribution is 0.0922. The van der Waals surface area contributed by atoms with E-state index in [1.807, 2.05) is 0 Å². The van der Waals surface area contributed by atoms with Gasteiger partial charge in [-0.15, -0.1) is 11.3 Å². The van der Waals surface area contributed by atoms with Crippen molar-refractivity contribution in [1.82, 2.24) is 9.97 Å². The van der Waals surface area contributed by atoms with Crippen LogP contribution in [0.25, 0.3) is 10.2 Å². The Kier molecular flexibility index (Phi) is 2.29. The second-order valence-corrected chi connectivity index (χ2v) is 5.10. The van der Waals surface area contributed by atoms with Crippen molar-refractivity contribution in [2.45, 2.75) is 25.4 Å². The second kappa shape index (κ2) is 3.68. The lowest BCUT2D eigenvalue weighted by atomic mass is 9.95. The third kappa shape index (κ3) is 1.39. The number of nitrogens with one attached hydrogen (secondary N) is 1. The van der Waals surface area contributed by atoms with Crippen molar-refractivity contribution in [3.63, 3.8) is 0 Å². The van der Waals surface area contributed by atoms with E-state index < -0.39 is 0 Å². The third-order valence-electron chi connectivity index (χ3n) is 3.14. The zero-order valence-electron chi connectivity index (χ0n) is 8.95. The van der Waals surface area contributed by atoms with Crippen LogP contribution in [0, 0.1) is 0 Å². The number of thiophene rings is 1. The van der Waals surface area contributed by atoms with Crippen molar-refractivity contribution in [2.24, 2.45) is 0 Å². The normalized spacial score (nSPS) is 19.9. The maximum atomic E-state index is 11.7. The van der Waals surface area contributed by atoms with Gasteiger partial charge in [-0.05, 0) is 18.4 Å². The number of rotatable bonds is 1. The van der Waals surface area contributed by atoms with Gasteiger partial charge in [-0.2, -0.15) is 0 Å². The number of H-pyrrole nitrogens is 1. The summed E-state index contributed by atoms with van der Waals surface area (Å²) < 4.78 is 5.37. The summed E-state index contributed by atoms with van der Waals surface area (Å²) in [5.41, 5.74) is 1.17. The van der Waals surface area contributed by atoms with Gasteiger partial charge in [-0.25, -0.2) is 4.98 Å². The fourth-order valence-corrected chi connectivity index (χ4v) is 3.54. The molecule has 0 aromatic carbocycles. The van der Waals surface area contributed by atoms with Crippen molar-refractivity contribution in [3.8, 4) is 0 Å². The van der Waals surface area contributed by atoms with Crippen molar-refractivity contribution < 1.29 is 4.74 Å². The van der Waals surface area contributed by atoms with E-state index in [4.69, 9.17) is 4.74 Å². The van der Waals surface area contributed by atoms with Crippen LogP contribution in [0.3, 0.4) is 0 Å². The molecule has 5 heteroatoms. The molecule has 2 heterocycles. The zero-order valence-corrected chi connectivity index (χ0v) is 9.76. The molecule has 1 aliphatic rings. The molecule has 0 radical (unpaired) electrons. The van der Waals surface area contributed by atoms with Gasteiger partial charge in [0.15, 0.2) is 0 Å². The van der Waals surface area contributed by atoms with Crippen molar-refractivity contribution in [1.29, 1.82) is 0 Å². The average Bonchev–Trinajstić information content (AvgIpc) is 2.67. The van der Waals surface area contributed by atoms with Crippen LogP contribution in [0.1, 0.15) is 16.9 Å². The average molecular weight is 236 g/mol. The molecule has 0 bridgehead atoms. The lowest BCUT2D eigenvalue weighted by Gasteiger charge is -2.20. The predicted octanol–water partition coefficient (Wildman–Crippen LogP) is 1.49. The summed E-state index contributed by atoms with van der Waals surface area (Å²) in [5, 5.41) is 0.789. The number of fused-ring (bicyclic) bond motifs is 3. The standard InChI is InChI=1S/C11H12N2O2S/c1-15-6-2-3-7-8(4-6)16-11-9(7)10(14)12-5-13-11/h5-6H,2-4H2,1H3,(H,12,13,14). The highest BCUT2D eigenvalue weighted by atomic mass is 32.1. The van der Waals surface area contributed by atoms with E-state index in [1.165, 1.54) is 16.8 Å². The maximum Gasteiger partial charge on any atom is 0.259 e. The maximum absolute atomic E-state index is 11.7. The Morgan fingerprint density at radius 2 is 2.50 bits per heavy atom. The zero-order chi connectivity index (χ0) is 11.1. The van der Waals surface area contributed by atoms with Crippen LogP contribution in [-0.4, -0.2) is 23.2 Å². The molecule has 3 rings (SSSR count). The van der Waals surface area contributed by atoms with Gasteiger partial charge in [0, 0.05) is 18.4 Å². The highest BCUT2D eigenvalue weighted by molar-refractivity contribution is 7.18. The summed E-state index contributed by atoms with van der Waals surface area (Å²) in [4.78, 5) is 20.7. The molecule has 1 aliphatic carbocycles. The van der Waals surface area contributed by atoms with Crippen LogP contribution in [0.15, 0.2) is 11.1 Å². The number of aromatic amines is 1. The van der Waals surface area contributed by atoms with E-state index in [-0.39, 0.29) is 5.56 Å². The number of hydrogen-bond acceptors (Lipinski definition) is 4. The number of ether oxygens (including phenoxy) is 1. The summed E-state index contributed by atoms with van der Waals surface area (Å²) >= 11 is 1.62. The summed E-state index contributed by atoms with van der Waals surface area (Å²) in [6.07, 6.45) is 4.58. The van der Waals surface area contributed by atoms with E-state index in [2.05, 4.69) is 9.97 Å². The second-order valence-electron chi connectivity index (χ2n) is 4.02. The molecule has 84 valence electrons. The molecule has 0 spiro atoms.